The molecule has 0 aliphatic rings. The number of hydrogen-bond acceptors (Lipinski definition) is 8. The fraction of sp³-hybridized carbons (Fsp3) is 0.118. The Morgan fingerprint density at radius 3 is 0.667 bits per heavy atom. The van der Waals surface area contributed by atoms with Crippen molar-refractivity contribution in [3.63, 3.8) is 0 Å². The van der Waals surface area contributed by atoms with Gasteiger partial charge in [-0.2, -0.15) is 0 Å². The molecule has 0 atom stereocenters. The van der Waals surface area contributed by atoms with Gasteiger partial charge < -0.3 is 40.9 Å². The van der Waals surface area contributed by atoms with Gasteiger partial charge in [0.05, 0.1) is 0 Å². The third-order valence-electron chi connectivity index (χ3n) is 8.25. The van der Waals surface area contributed by atoms with E-state index in [2.05, 4.69) is 0 Å². The quantitative estimate of drug-likeness (QED) is 0.0911. The maximum absolute atomic E-state index is 10.3. The first-order valence-electron chi connectivity index (χ1n) is 13.1. The Bertz CT molecular complexity index is 1560. The Morgan fingerprint density at radius 2 is 0.476 bits per heavy atom. The average Bonchev–Trinajstić information content (AvgIpc) is 2.98. The van der Waals surface area contributed by atoms with E-state index in [-0.39, 0.29) is 46.0 Å². The predicted octanol–water partition coefficient (Wildman–Crippen LogP) is 6.04. The van der Waals surface area contributed by atoms with Crippen LogP contribution in [0.25, 0.3) is 0 Å². The lowest BCUT2D eigenvalue weighted by Crippen LogP contribution is -2.27. The largest absolute Gasteiger partial charge is 0.504 e. The lowest BCUT2D eigenvalue weighted by molar-refractivity contribution is 0.400. The fourth-order valence-corrected chi connectivity index (χ4v) is 5.47. The Kier molecular flexibility index (Phi) is 6.78. The van der Waals surface area contributed by atoms with Crippen LogP contribution in [-0.4, -0.2) is 40.9 Å². The molecule has 0 saturated heterocycles. The van der Waals surface area contributed by atoms with Gasteiger partial charge in [0.2, 0.25) is 0 Å². The van der Waals surface area contributed by atoms with Crippen molar-refractivity contribution < 1.29 is 40.9 Å². The van der Waals surface area contributed by atoms with E-state index in [1.807, 2.05) is 38.1 Å². The zero-order chi connectivity index (χ0) is 30.4. The number of rotatable bonds is 6. The summed E-state index contributed by atoms with van der Waals surface area (Å²) in [6.45, 7) is 3.77. The summed E-state index contributed by atoms with van der Waals surface area (Å²) in [6.07, 6.45) is 0. The smallest absolute Gasteiger partial charge is 0.157 e. The van der Waals surface area contributed by atoms with Gasteiger partial charge in [-0.05, 0) is 95.8 Å². The molecule has 0 amide bonds. The Hall–Kier alpha value is -5.50. The molecule has 5 aromatic carbocycles. The maximum Gasteiger partial charge on any atom is 0.157 e. The molecular weight excluding hydrogens is 536 g/mol. The minimum absolute atomic E-state index is 0.282. The van der Waals surface area contributed by atoms with Gasteiger partial charge >= 0.3 is 0 Å². The standard InChI is InChI=1S/C34H30O8/c1-33(21-7-11-25(35)29(39)15-21,22-8-12-26(36)30(40)16-22)19-3-5-20(6-4-19)34(2,23-9-13-27(37)31(41)17-23)24-10-14-28(38)32(42)18-24/h3-18,35-42H,1-2H3. The van der Waals surface area contributed by atoms with Crippen molar-refractivity contribution in [1.29, 1.82) is 0 Å². The van der Waals surface area contributed by atoms with Crippen LogP contribution in [0.1, 0.15) is 47.2 Å². The fourth-order valence-electron chi connectivity index (χ4n) is 5.47. The number of phenolic OH excluding ortho intramolecular Hbond substituents is 8. The molecule has 0 aromatic heterocycles. The van der Waals surface area contributed by atoms with E-state index in [0.717, 1.165) is 11.1 Å². The van der Waals surface area contributed by atoms with Crippen LogP contribution >= 0.6 is 0 Å². The van der Waals surface area contributed by atoms with E-state index in [9.17, 15) is 40.9 Å². The van der Waals surface area contributed by atoms with Crippen molar-refractivity contribution in [1.82, 2.24) is 0 Å². The molecular formula is C34H30O8. The summed E-state index contributed by atoms with van der Waals surface area (Å²) < 4.78 is 0. The predicted molar refractivity (Wildman–Crippen MR) is 157 cm³/mol. The van der Waals surface area contributed by atoms with Crippen LogP contribution in [-0.2, 0) is 10.8 Å². The summed E-state index contributed by atoms with van der Waals surface area (Å²) in [5.41, 5.74) is 1.95. The van der Waals surface area contributed by atoms with Crippen molar-refractivity contribution in [2.45, 2.75) is 24.7 Å². The van der Waals surface area contributed by atoms with Crippen molar-refractivity contribution in [3.05, 3.63) is 130 Å². The first-order valence-corrected chi connectivity index (χ1v) is 13.1. The number of aromatic hydroxyl groups is 8. The van der Waals surface area contributed by atoms with Crippen molar-refractivity contribution in [3.8, 4) is 46.0 Å². The highest BCUT2D eigenvalue weighted by atomic mass is 16.3. The Morgan fingerprint density at radius 1 is 0.286 bits per heavy atom. The van der Waals surface area contributed by atoms with E-state index in [4.69, 9.17) is 0 Å². The second-order valence-electron chi connectivity index (χ2n) is 10.6. The molecule has 0 saturated carbocycles. The van der Waals surface area contributed by atoms with Crippen LogP contribution in [0.4, 0.5) is 0 Å². The first-order chi connectivity index (χ1) is 19.8. The minimum Gasteiger partial charge on any atom is -0.504 e. The second kappa shape index (κ2) is 10.2. The molecule has 8 N–H and O–H groups in total. The molecule has 42 heavy (non-hydrogen) atoms. The highest BCUT2D eigenvalue weighted by Gasteiger charge is 2.36. The molecule has 8 nitrogen and oxygen atoms in total. The highest BCUT2D eigenvalue weighted by Crippen LogP contribution is 2.47. The minimum atomic E-state index is -0.973. The van der Waals surface area contributed by atoms with Gasteiger partial charge in [0.1, 0.15) is 0 Å². The topological polar surface area (TPSA) is 162 Å². The Balaban J connectivity index is 1.72. The molecule has 8 heteroatoms. The third-order valence-corrected chi connectivity index (χ3v) is 8.25. The van der Waals surface area contributed by atoms with Gasteiger partial charge in [0, 0.05) is 10.8 Å². The van der Waals surface area contributed by atoms with Crippen LogP contribution < -0.4 is 0 Å². The van der Waals surface area contributed by atoms with Crippen LogP contribution in [0.15, 0.2) is 97.1 Å². The zero-order valence-corrected chi connectivity index (χ0v) is 22.8. The normalized spacial score (nSPS) is 11.9. The first kappa shape index (κ1) is 28.0. The molecule has 214 valence electrons. The van der Waals surface area contributed by atoms with E-state index in [0.29, 0.717) is 22.3 Å². The van der Waals surface area contributed by atoms with E-state index < -0.39 is 10.8 Å². The van der Waals surface area contributed by atoms with Crippen LogP contribution in [0, 0.1) is 0 Å². The molecule has 5 aromatic rings. The molecule has 0 fully saturated rings. The van der Waals surface area contributed by atoms with Gasteiger partial charge in [-0.3, -0.25) is 0 Å². The maximum atomic E-state index is 10.3. The summed E-state index contributed by atoms with van der Waals surface area (Å²) in [7, 11) is 0. The van der Waals surface area contributed by atoms with Gasteiger partial charge in [-0.25, -0.2) is 0 Å². The Labute approximate surface area is 241 Å². The number of phenols is 8. The summed E-state index contributed by atoms with van der Waals surface area (Å²) in [6, 6.07) is 25.4. The van der Waals surface area contributed by atoms with Gasteiger partial charge in [0.25, 0.3) is 0 Å². The zero-order valence-electron chi connectivity index (χ0n) is 22.8. The lowest BCUT2D eigenvalue weighted by atomic mass is 9.68. The van der Waals surface area contributed by atoms with Crippen molar-refractivity contribution in [2.24, 2.45) is 0 Å². The van der Waals surface area contributed by atoms with E-state index in [1.165, 1.54) is 48.5 Å². The second-order valence-corrected chi connectivity index (χ2v) is 10.6. The van der Waals surface area contributed by atoms with Gasteiger partial charge in [0.15, 0.2) is 46.0 Å². The van der Waals surface area contributed by atoms with Gasteiger partial charge in [-0.15, -0.1) is 0 Å². The monoisotopic (exact) mass is 566 g/mol. The van der Waals surface area contributed by atoms with E-state index in [1.54, 1.807) is 24.3 Å². The van der Waals surface area contributed by atoms with Crippen molar-refractivity contribution >= 4 is 0 Å². The average molecular weight is 567 g/mol. The molecule has 0 aliphatic heterocycles. The van der Waals surface area contributed by atoms with Crippen LogP contribution in [0.3, 0.4) is 0 Å². The third kappa shape index (κ3) is 4.53. The molecule has 0 heterocycles. The molecule has 5 rings (SSSR count). The molecule has 0 spiro atoms. The molecule has 0 radical (unpaired) electrons. The lowest BCUT2D eigenvalue weighted by Gasteiger charge is -2.35. The van der Waals surface area contributed by atoms with Crippen molar-refractivity contribution in [2.75, 3.05) is 0 Å². The number of hydrogen-bond donors (Lipinski definition) is 8. The summed E-state index contributed by atoms with van der Waals surface area (Å²) in [5, 5.41) is 81.1. The van der Waals surface area contributed by atoms with E-state index >= 15 is 0 Å². The summed E-state index contributed by atoms with van der Waals surface area (Å²) in [5.74, 6) is -2.39. The van der Waals surface area contributed by atoms with Gasteiger partial charge in [-0.1, -0.05) is 48.5 Å². The molecule has 0 aliphatic carbocycles. The number of benzene rings is 5. The summed E-state index contributed by atoms with van der Waals surface area (Å²) >= 11 is 0. The van der Waals surface area contributed by atoms with Crippen LogP contribution in [0.5, 0.6) is 46.0 Å². The SMILES string of the molecule is CC(c1ccc(C(C)(c2ccc(O)c(O)c2)c2ccc(O)c(O)c2)cc1)(c1ccc(O)c(O)c1)c1ccc(O)c(O)c1. The highest BCUT2D eigenvalue weighted by molar-refractivity contribution is 5.59. The summed E-state index contributed by atoms with van der Waals surface area (Å²) in [4.78, 5) is 0. The van der Waals surface area contributed by atoms with Crippen LogP contribution in [0.2, 0.25) is 0 Å². The molecule has 0 bridgehead atoms. The molecule has 0 unspecified atom stereocenters.